The SMILES string of the molecule is Cc1cc(S(=O)(=O)Nc2c(C)n(C)n(-c3ccccc3)c2=O)ccc1Br. The highest BCUT2D eigenvalue weighted by atomic mass is 79.9. The van der Waals surface area contributed by atoms with Gasteiger partial charge in [0.2, 0.25) is 0 Å². The van der Waals surface area contributed by atoms with Gasteiger partial charge in [0.05, 0.1) is 16.3 Å². The molecule has 0 aliphatic heterocycles. The van der Waals surface area contributed by atoms with Gasteiger partial charge in [-0.15, -0.1) is 0 Å². The van der Waals surface area contributed by atoms with Gasteiger partial charge >= 0.3 is 0 Å². The van der Waals surface area contributed by atoms with Gasteiger partial charge in [0.15, 0.2) is 0 Å². The molecule has 3 rings (SSSR count). The van der Waals surface area contributed by atoms with Crippen LogP contribution in [0.15, 0.2) is 62.7 Å². The second-order valence-corrected chi connectivity index (χ2v) is 8.49. The molecule has 0 saturated heterocycles. The summed E-state index contributed by atoms with van der Waals surface area (Å²) >= 11 is 3.35. The summed E-state index contributed by atoms with van der Waals surface area (Å²) in [6.07, 6.45) is 0. The van der Waals surface area contributed by atoms with E-state index in [0.717, 1.165) is 10.0 Å². The molecule has 3 aromatic rings. The number of nitrogens with zero attached hydrogens (tertiary/aromatic N) is 2. The van der Waals surface area contributed by atoms with E-state index in [9.17, 15) is 13.2 Å². The molecule has 2 aromatic carbocycles. The molecule has 0 spiro atoms. The monoisotopic (exact) mass is 435 g/mol. The number of halogens is 1. The smallest absolute Gasteiger partial charge is 0.283 e. The molecule has 6 nitrogen and oxygen atoms in total. The van der Waals surface area contributed by atoms with Crippen LogP contribution in [0.4, 0.5) is 5.69 Å². The van der Waals surface area contributed by atoms with Crippen LogP contribution in [-0.2, 0) is 17.1 Å². The first-order chi connectivity index (χ1) is 12.2. The molecule has 1 heterocycles. The second kappa shape index (κ2) is 6.77. The van der Waals surface area contributed by atoms with Crippen LogP contribution >= 0.6 is 15.9 Å². The van der Waals surface area contributed by atoms with Crippen LogP contribution in [0.25, 0.3) is 5.69 Å². The number of sulfonamides is 1. The molecule has 0 aliphatic rings. The molecule has 1 N–H and O–H groups in total. The van der Waals surface area contributed by atoms with Crippen LogP contribution in [0.1, 0.15) is 11.3 Å². The lowest BCUT2D eigenvalue weighted by Gasteiger charge is -2.08. The summed E-state index contributed by atoms with van der Waals surface area (Å²) in [6.45, 7) is 3.50. The number of rotatable bonds is 4. The number of anilines is 1. The van der Waals surface area contributed by atoms with E-state index >= 15 is 0 Å². The fourth-order valence-corrected chi connectivity index (χ4v) is 4.11. The first kappa shape index (κ1) is 18.5. The van der Waals surface area contributed by atoms with Crippen LogP contribution in [0.2, 0.25) is 0 Å². The Kier molecular flexibility index (Phi) is 4.81. The number of aryl methyl sites for hydroxylation is 1. The number of aromatic nitrogens is 2. The lowest BCUT2D eigenvalue weighted by atomic mass is 10.2. The summed E-state index contributed by atoms with van der Waals surface area (Å²) in [7, 11) is -2.17. The Hall–Kier alpha value is -2.32. The van der Waals surface area contributed by atoms with Crippen LogP contribution in [0.3, 0.4) is 0 Å². The average Bonchev–Trinajstić information content (AvgIpc) is 2.81. The molecular formula is C18H18BrN3O3S. The molecule has 0 unspecified atom stereocenters. The zero-order valence-corrected chi connectivity index (χ0v) is 16.9. The van der Waals surface area contributed by atoms with Crippen molar-refractivity contribution < 1.29 is 8.42 Å². The van der Waals surface area contributed by atoms with E-state index in [2.05, 4.69) is 20.7 Å². The Bertz CT molecular complexity index is 1130. The first-order valence-electron chi connectivity index (χ1n) is 7.85. The van der Waals surface area contributed by atoms with Gasteiger partial charge in [0.25, 0.3) is 15.6 Å². The molecule has 0 radical (unpaired) electrons. The topological polar surface area (TPSA) is 73.1 Å². The first-order valence-corrected chi connectivity index (χ1v) is 10.1. The third kappa shape index (κ3) is 3.22. The molecule has 26 heavy (non-hydrogen) atoms. The van der Waals surface area contributed by atoms with Crippen molar-refractivity contribution in [3.8, 4) is 5.69 Å². The molecule has 136 valence electrons. The maximum atomic E-state index is 12.8. The Morgan fingerprint density at radius 3 is 2.31 bits per heavy atom. The largest absolute Gasteiger partial charge is 0.296 e. The average molecular weight is 436 g/mol. The molecule has 8 heteroatoms. The molecule has 0 fully saturated rings. The molecular weight excluding hydrogens is 418 g/mol. The predicted molar refractivity (Wildman–Crippen MR) is 105 cm³/mol. The van der Waals surface area contributed by atoms with Gasteiger partial charge in [-0.05, 0) is 49.7 Å². The maximum absolute atomic E-state index is 12.8. The zero-order valence-electron chi connectivity index (χ0n) is 14.5. The summed E-state index contributed by atoms with van der Waals surface area (Å²) in [5.74, 6) is 0. The Morgan fingerprint density at radius 2 is 1.69 bits per heavy atom. The van der Waals surface area contributed by atoms with Gasteiger partial charge in [0.1, 0.15) is 5.69 Å². The van der Waals surface area contributed by atoms with Crippen molar-refractivity contribution in [2.24, 2.45) is 7.05 Å². The molecule has 0 aliphatic carbocycles. The summed E-state index contributed by atoms with van der Waals surface area (Å²) < 4.78 is 31.8. The second-order valence-electron chi connectivity index (χ2n) is 5.95. The lowest BCUT2D eigenvalue weighted by molar-refractivity contribution is 0.601. The quantitative estimate of drug-likeness (QED) is 0.682. The zero-order chi connectivity index (χ0) is 19.1. The Balaban J connectivity index is 2.08. The van der Waals surface area contributed by atoms with Crippen LogP contribution in [-0.4, -0.2) is 17.8 Å². The Labute approximate surface area is 160 Å². The van der Waals surface area contributed by atoms with Gasteiger partial charge in [-0.25, -0.2) is 13.1 Å². The molecule has 0 bridgehead atoms. The maximum Gasteiger partial charge on any atom is 0.296 e. The van der Waals surface area contributed by atoms with Crippen molar-refractivity contribution >= 4 is 31.6 Å². The number of nitrogens with one attached hydrogen (secondary N) is 1. The van der Waals surface area contributed by atoms with Gasteiger partial charge in [-0.3, -0.25) is 14.2 Å². The van der Waals surface area contributed by atoms with Crippen molar-refractivity contribution in [3.05, 3.63) is 74.6 Å². The predicted octanol–water partition coefficient (Wildman–Crippen LogP) is 3.36. The van der Waals surface area contributed by atoms with E-state index in [1.54, 1.807) is 49.8 Å². The fourth-order valence-electron chi connectivity index (χ4n) is 2.66. The minimum Gasteiger partial charge on any atom is -0.283 e. The highest BCUT2D eigenvalue weighted by Crippen LogP contribution is 2.23. The lowest BCUT2D eigenvalue weighted by Crippen LogP contribution is -2.23. The normalized spacial score (nSPS) is 11.5. The number of para-hydroxylation sites is 1. The van der Waals surface area contributed by atoms with Crippen molar-refractivity contribution in [2.45, 2.75) is 18.7 Å². The standard InChI is InChI=1S/C18H18BrN3O3S/c1-12-11-15(9-10-16(12)19)26(24,25)20-17-13(2)21(3)22(18(17)23)14-7-5-4-6-8-14/h4-11,20H,1-3H3. The van der Waals surface area contributed by atoms with Crippen molar-refractivity contribution in [1.82, 2.24) is 9.36 Å². The third-order valence-electron chi connectivity index (χ3n) is 4.23. The van der Waals surface area contributed by atoms with E-state index in [1.807, 2.05) is 18.2 Å². The van der Waals surface area contributed by atoms with Gasteiger partial charge in [-0.2, -0.15) is 0 Å². The van der Waals surface area contributed by atoms with Crippen molar-refractivity contribution in [2.75, 3.05) is 4.72 Å². The third-order valence-corrected chi connectivity index (χ3v) is 6.47. The van der Waals surface area contributed by atoms with E-state index in [1.165, 1.54) is 10.7 Å². The van der Waals surface area contributed by atoms with Crippen molar-refractivity contribution in [1.29, 1.82) is 0 Å². The van der Waals surface area contributed by atoms with Crippen LogP contribution < -0.4 is 10.3 Å². The minimum atomic E-state index is -3.88. The summed E-state index contributed by atoms with van der Waals surface area (Å²) in [6, 6.07) is 13.8. The summed E-state index contributed by atoms with van der Waals surface area (Å²) in [5.41, 5.74) is 1.59. The van der Waals surface area contributed by atoms with E-state index in [-0.39, 0.29) is 10.6 Å². The minimum absolute atomic E-state index is 0.0388. The molecule has 1 aromatic heterocycles. The highest BCUT2D eigenvalue weighted by molar-refractivity contribution is 9.10. The van der Waals surface area contributed by atoms with Crippen molar-refractivity contribution in [3.63, 3.8) is 0 Å². The van der Waals surface area contributed by atoms with E-state index < -0.39 is 15.6 Å². The van der Waals surface area contributed by atoms with Crippen LogP contribution in [0, 0.1) is 13.8 Å². The number of benzene rings is 2. The van der Waals surface area contributed by atoms with Gasteiger partial charge < -0.3 is 0 Å². The number of hydrogen-bond donors (Lipinski definition) is 1. The van der Waals surface area contributed by atoms with Crippen LogP contribution in [0.5, 0.6) is 0 Å². The van der Waals surface area contributed by atoms with E-state index in [0.29, 0.717) is 11.4 Å². The number of hydrogen-bond acceptors (Lipinski definition) is 3. The molecule has 0 amide bonds. The summed E-state index contributed by atoms with van der Waals surface area (Å²) in [5, 5.41) is 0. The Morgan fingerprint density at radius 1 is 1.04 bits per heavy atom. The molecule has 0 saturated carbocycles. The molecule has 0 atom stereocenters. The van der Waals surface area contributed by atoms with Gasteiger partial charge in [0, 0.05) is 11.5 Å². The highest BCUT2D eigenvalue weighted by Gasteiger charge is 2.22. The van der Waals surface area contributed by atoms with E-state index in [4.69, 9.17) is 0 Å². The summed E-state index contributed by atoms with van der Waals surface area (Å²) in [4.78, 5) is 13.0. The van der Waals surface area contributed by atoms with Gasteiger partial charge in [-0.1, -0.05) is 34.1 Å². The fraction of sp³-hybridized carbons (Fsp3) is 0.167.